The Balaban J connectivity index is 2.85. The fraction of sp³-hybridized carbons (Fsp3) is 0.500. The quantitative estimate of drug-likeness (QED) is 0.822. The van der Waals surface area contributed by atoms with E-state index in [2.05, 4.69) is 0 Å². The highest BCUT2D eigenvalue weighted by Gasteiger charge is 2.13. The molecule has 1 amide bonds. The van der Waals surface area contributed by atoms with Crippen LogP contribution in [0.2, 0.25) is 0 Å². The van der Waals surface area contributed by atoms with Crippen molar-refractivity contribution >= 4 is 11.6 Å². The van der Waals surface area contributed by atoms with Gasteiger partial charge in [-0.3, -0.25) is 4.79 Å². The molecule has 1 aromatic rings. The first kappa shape index (κ1) is 13.7. The summed E-state index contributed by atoms with van der Waals surface area (Å²) in [7, 11) is 0. The van der Waals surface area contributed by atoms with Gasteiger partial charge in [-0.2, -0.15) is 0 Å². The van der Waals surface area contributed by atoms with E-state index in [1.165, 1.54) is 5.56 Å². The van der Waals surface area contributed by atoms with E-state index in [1.54, 1.807) is 0 Å². The summed E-state index contributed by atoms with van der Waals surface area (Å²) in [5.41, 5.74) is 7.68. The van der Waals surface area contributed by atoms with Crippen LogP contribution in [0, 0.1) is 6.92 Å². The van der Waals surface area contributed by atoms with Crippen molar-refractivity contribution in [2.24, 2.45) is 5.73 Å². The highest BCUT2D eigenvalue weighted by atomic mass is 16.2. The van der Waals surface area contributed by atoms with Crippen LogP contribution in [0.3, 0.4) is 0 Å². The lowest BCUT2D eigenvalue weighted by Gasteiger charge is -2.23. The Labute approximate surface area is 104 Å². The molecule has 2 N–H and O–H groups in total. The van der Waals surface area contributed by atoms with Gasteiger partial charge in [-0.15, -0.1) is 0 Å². The van der Waals surface area contributed by atoms with Crippen molar-refractivity contribution in [3.63, 3.8) is 0 Å². The van der Waals surface area contributed by atoms with Crippen LogP contribution < -0.4 is 10.6 Å². The molecule has 17 heavy (non-hydrogen) atoms. The largest absolute Gasteiger partial charge is 0.330 e. The zero-order valence-electron chi connectivity index (χ0n) is 10.8. The third kappa shape index (κ3) is 4.19. The fourth-order valence-corrected chi connectivity index (χ4v) is 1.79. The van der Waals surface area contributed by atoms with Crippen molar-refractivity contribution in [2.75, 3.05) is 18.0 Å². The number of carbonyl (C=O) groups is 1. The number of hydrogen-bond acceptors (Lipinski definition) is 2. The Morgan fingerprint density at radius 1 is 1.41 bits per heavy atom. The van der Waals surface area contributed by atoms with E-state index in [0.717, 1.165) is 18.5 Å². The van der Waals surface area contributed by atoms with Crippen LogP contribution in [0.15, 0.2) is 24.3 Å². The van der Waals surface area contributed by atoms with Crippen molar-refractivity contribution < 1.29 is 4.79 Å². The Hall–Kier alpha value is -1.35. The molecule has 3 nitrogen and oxygen atoms in total. The molecular formula is C14H22N2O. The van der Waals surface area contributed by atoms with Crippen LogP contribution in [-0.2, 0) is 4.79 Å². The van der Waals surface area contributed by atoms with Crippen molar-refractivity contribution in [3.8, 4) is 0 Å². The molecule has 94 valence electrons. The molecule has 0 saturated carbocycles. The molecule has 0 saturated heterocycles. The number of nitrogens with two attached hydrogens (primary N) is 1. The molecule has 0 unspecified atom stereocenters. The summed E-state index contributed by atoms with van der Waals surface area (Å²) < 4.78 is 0. The second-order valence-corrected chi connectivity index (χ2v) is 4.28. The molecule has 3 heteroatoms. The van der Waals surface area contributed by atoms with Gasteiger partial charge in [0.15, 0.2) is 0 Å². The monoisotopic (exact) mass is 234 g/mol. The Kier molecular flexibility index (Phi) is 5.70. The van der Waals surface area contributed by atoms with Crippen LogP contribution >= 0.6 is 0 Å². The molecule has 0 aliphatic rings. The summed E-state index contributed by atoms with van der Waals surface area (Å²) in [6.07, 6.45) is 2.31. The molecule has 0 fully saturated rings. The fourth-order valence-electron chi connectivity index (χ4n) is 1.79. The van der Waals surface area contributed by atoms with Crippen molar-refractivity contribution in [2.45, 2.75) is 33.1 Å². The SMILES string of the molecule is CCCC(=O)N(CCCN)c1cccc(C)c1. The highest BCUT2D eigenvalue weighted by molar-refractivity contribution is 5.93. The summed E-state index contributed by atoms with van der Waals surface area (Å²) in [6, 6.07) is 8.05. The highest BCUT2D eigenvalue weighted by Crippen LogP contribution is 2.17. The second kappa shape index (κ2) is 7.07. The van der Waals surface area contributed by atoms with Gasteiger partial charge in [0, 0.05) is 18.7 Å². The standard InChI is InChI=1S/C14H22N2O/c1-3-6-14(17)16(10-5-9-15)13-8-4-7-12(2)11-13/h4,7-8,11H,3,5-6,9-10,15H2,1-2H3. The summed E-state index contributed by atoms with van der Waals surface area (Å²) in [5, 5.41) is 0. The van der Waals surface area contributed by atoms with E-state index in [1.807, 2.05) is 43.0 Å². The molecule has 0 aliphatic heterocycles. The number of hydrogen-bond donors (Lipinski definition) is 1. The van der Waals surface area contributed by atoms with Gasteiger partial charge < -0.3 is 10.6 Å². The number of anilines is 1. The lowest BCUT2D eigenvalue weighted by molar-refractivity contribution is -0.118. The van der Waals surface area contributed by atoms with Gasteiger partial charge in [0.1, 0.15) is 0 Å². The number of nitrogens with zero attached hydrogens (tertiary/aromatic N) is 1. The van der Waals surface area contributed by atoms with E-state index in [-0.39, 0.29) is 5.91 Å². The summed E-state index contributed by atoms with van der Waals surface area (Å²) in [4.78, 5) is 13.9. The number of benzene rings is 1. The maximum absolute atomic E-state index is 12.0. The maximum atomic E-state index is 12.0. The normalized spacial score (nSPS) is 10.3. The summed E-state index contributed by atoms with van der Waals surface area (Å²) >= 11 is 0. The average molecular weight is 234 g/mol. The predicted octanol–water partition coefficient (Wildman–Crippen LogP) is 2.48. The second-order valence-electron chi connectivity index (χ2n) is 4.28. The third-order valence-electron chi connectivity index (χ3n) is 2.66. The minimum absolute atomic E-state index is 0.187. The van der Waals surface area contributed by atoms with E-state index in [9.17, 15) is 4.79 Å². The van der Waals surface area contributed by atoms with Crippen LogP contribution in [-0.4, -0.2) is 19.0 Å². The van der Waals surface area contributed by atoms with Crippen LogP contribution in [0.5, 0.6) is 0 Å². The van der Waals surface area contributed by atoms with Crippen LogP contribution in [0.25, 0.3) is 0 Å². The minimum Gasteiger partial charge on any atom is -0.330 e. The first-order valence-corrected chi connectivity index (χ1v) is 6.26. The molecule has 0 aliphatic carbocycles. The first-order chi connectivity index (χ1) is 8.19. The summed E-state index contributed by atoms with van der Waals surface area (Å²) in [5.74, 6) is 0.187. The Morgan fingerprint density at radius 3 is 2.76 bits per heavy atom. The summed E-state index contributed by atoms with van der Waals surface area (Å²) in [6.45, 7) is 5.38. The first-order valence-electron chi connectivity index (χ1n) is 6.26. The molecule has 0 bridgehead atoms. The van der Waals surface area contributed by atoms with Gasteiger partial charge in [0.05, 0.1) is 0 Å². The molecule has 0 atom stereocenters. The topological polar surface area (TPSA) is 46.3 Å². The van der Waals surface area contributed by atoms with Crippen molar-refractivity contribution in [3.05, 3.63) is 29.8 Å². The molecular weight excluding hydrogens is 212 g/mol. The zero-order chi connectivity index (χ0) is 12.7. The van der Waals surface area contributed by atoms with E-state index in [4.69, 9.17) is 5.73 Å². The van der Waals surface area contributed by atoms with E-state index < -0.39 is 0 Å². The molecule has 0 radical (unpaired) electrons. The van der Waals surface area contributed by atoms with Gasteiger partial charge in [-0.1, -0.05) is 19.1 Å². The Morgan fingerprint density at radius 2 is 2.18 bits per heavy atom. The van der Waals surface area contributed by atoms with Gasteiger partial charge >= 0.3 is 0 Å². The third-order valence-corrected chi connectivity index (χ3v) is 2.66. The number of aryl methyl sites for hydroxylation is 1. The number of carbonyl (C=O) groups excluding carboxylic acids is 1. The van der Waals surface area contributed by atoms with Gasteiger partial charge in [0.25, 0.3) is 0 Å². The average Bonchev–Trinajstić information content (AvgIpc) is 2.30. The minimum atomic E-state index is 0.187. The maximum Gasteiger partial charge on any atom is 0.226 e. The van der Waals surface area contributed by atoms with Gasteiger partial charge in [0.2, 0.25) is 5.91 Å². The molecule has 0 heterocycles. The molecule has 0 spiro atoms. The molecule has 1 rings (SSSR count). The van der Waals surface area contributed by atoms with Gasteiger partial charge in [-0.25, -0.2) is 0 Å². The van der Waals surface area contributed by atoms with Crippen molar-refractivity contribution in [1.82, 2.24) is 0 Å². The van der Waals surface area contributed by atoms with Crippen molar-refractivity contribution in [1.29, 1.82) is 0 Å². The van der Waals surface area contributed by atoms with Crippen LogP contribution in [0.1, 0.15) is 31.7 Å². The Bertz CT molecular complexity index is 363. The molecule has 1 aromatic carbocycles. The molecule has 0 aromatic heterocycles. The predicted molar refractivity (Wildman–Crippen MR) is 72.1 cm³/mol. The van der Waals surface area contributed by atoms with E-state index >= 15 is 0 Å². The lowest BCUT2D eigenvalue weighted by Crippen LogP contribution is -2.32. The number of rotatable bonds is 6. The van der Waals surface area contributed by atoms with E-state index in [0.29, 0.717) is 19.5 Å². The van der Waals surface area contributed by atoms with Crippen LogP contribution in [0.4, 0.5) is 5.69 Å². The van der Waals surface area contributed by atoms with Gasteiger partial charge in [-0.05, 0) is 44.0 Å². The number of amides is 1. The smallest absolute Gasteiger partial charge is 0.226 e. The zero-order valence-corrected chi connectivity index (χ0v) is 10.8. The lowest BCUT2D eigenvalue weighted by atomic mass is 10.2.